The van der Waals surface area contributed by atoms with E-state index in [0.717, 1.165) is 55.6 Å². The van der Waals surface area contributed by atoms with Gasteiger partial charge < -0.3 is 24.5 Å². The van der Waals surface area contributed by atoms with E-state index in [2.05, 4.69) is 53.3 Å². The standard InChI is InChI=1S/C24H29N3O3S/c1-18-6-7-19(23(14-18)30-21-9-12-28-17-21)15-26-24(27-16-22-5-3-13-31-22)25-10-8-20-4-2-11-29-20/h2-7,11,13-14,21H,8-10,12,15-17H2,1H3,(H2,25,26,27). The van der Waals surface area contributed by atoms with Gasteiger partial charge in [0.15, 0.2) is 5.96 Å². The summed E-state index contributed by atoms with van der Waals surface area (Å²) in [6.07, 6.45) is 3.55. The second-order valence-electron chi connectivity index (χ2n) is 7.57. The summed E-state index contributed by atoms with van der Waals surface area (Å²) in [6, 6.07) is 14.4. The molecular formula is C24H29N3O3S. The number of benzene rings is 1. The number of nitrogens with zero attached hydrogens (tertiary/aromatic N) is 1. The van der Waals surface area contributed by atoms with E-state index >= 15 is 0 Å². The van der Waals surface area contributed by atoms with E-state index in [1.807, 2.05) is 12.1 Å². The van der Waals surface area contributed by atoms with E-state index in [1.54, 1.807) is 17.6 Å². The number of aliphatic imine (C=N–C) groups is 1. The van der Waals surface area contributed by atoms with Crippen molar-refractivity contribution in [2.75, 3.05) is 19.8 Å². The van der Waals surface area contributed by atoms with Gasteiger partial charge in [0.2, 0.25) is 0 Å². The number of hydrogen-bond acceptors (Lipinski definition) is 5. The molecule has 1 aliphatic heterocycles. The summed E-state index contributed by atoms with van der Waals surface area (Å²) in [5, 5.41) is 8.94. The van der Waals surface area contributed by atoms with E-state index in [1.165, 1.54) is 10.4 Å². The summed E-state index contributed by atoms with van der Waals surface area (Å²) in [5.41, 5.74) is 2.25. The minimum atomic E-state index is 0.118. The Morgan fingerprint density at radius 2 is 2.19 bits per heavy atom. The molecule has 0 saturated carbocycles. The molecule has 2 aromatic heterocycles. The second kappa shape index (κ2) is 11.0. The molecule has 1 fully saturated rings. The highest BCUT2D eigenvalue weighted by atomic mass is 32.1. The van der Waals surface area contributed by atoms with Crippen molar-refractivity contribution in [2.24, 2.45) is 4.99 Å². The molecule has 1 aromatic carbocycles. The normalized spacial score (nSPS) is 16.4. The smallest absolute Gasteiger partial charge is 0.191 e. The quantitative estimate of drug-likeness (QED) is 0.384. The minimum absolute atomic E-state index is 0.118. The number of guanidine groups is 1. The van der Waals surface area contributed by atoms with Crippen molar-refractivity contribution in [3.05, 3.63) is 75.9 Å². The van der Waals surface area contributed by atoms with Crippen LogP contribution in [0.1, 0.15) is 28.2 Å². The number of furan rings is 1. The van der Waals surface area contributed by atoms with Crippen molar-refractivity contribution in [1.29, 1.82) is 0 Å². The van der Waals surface area contributed by atoms with Gasteiger partial charge in [-0.1, -0.05) is 18.2 Å². The Bertz CT molecular complexity index is 949. The third-order valence-electron chi connectivity index (χ3n) is 5.07. The topological polar surface area (TPSA) is 68.0 Å². The highest BCUT2D eigenvalue weighted by Gasteiger charge is 2.18. The fourth-order valence-electron chi connectivity index (χ4n) is 3.37. The molecule has 1 atom stereocenters. The number of nitrogens with one attached hydrogen (secondary N) is 2. The molecule has 0 bridgehead atoms. The van der Waals surface area contributed by atoms with Gasteiger partial charge in [0.25, 0.3) is 0 Å². The number of aryl methyl sites for hydroxylation is 1. The third-order valence-corrected chi connectivity index (χ3v) is 5.94. The van der Waals surface area contributed by atoms with Gasteiger partial charge in [-0.05, 0) is 42.1 Å². The Hall–Kier alpha value is -2.77. The summed E-state index contributed by atoms with van der Waals surface area (Å²) in [5.74, 6) is 2.63. The largest absolute Gasteiger partial charge is 0.488 e. The van der Waals surface area contributed by atoms with Gasteiger partial charge >= 0.3 is 0 Å². The molecular weight excluding hydrogens is 410 g/mol. The van der Waals surface area contributed by atoms with Gasteiger partial charge in [-0.2, -0.15) is 0 Å². The zero-order valence-electron chi connectivity index (χ0n) is 17.8. The fraction of sp³-hybridized carbons (Fsp3) is 0.375. The molecule has 3 heterocycles. The van der Waals surface area contributed by atoms with E-state index in [-0.39, 0.29) is 6.10 Å². The number of ether oxygens (including phenoxy) is 2. The Morgan fingerprint density at radius 1 is 1.23 bits per heavy atom. The van der Waals surface area contributed by atoms with Crippen LogP contribution in [0.15, 0.2) is 63.5 Å². The first-order chi connectivity index (χ1) is 15.3. The Kier molecular flexibility index (Phi) is 7.63. The van der Waals surface area contributed by atoms with Gasteiger partial charge in [-0.15, -0.1) is 11.3 Å². The molecule has 2 N–H and O–H groups in total. The Balaban J connectivity index is 1.42. The zero-order chi connectivity index (χ0) is 21.3. The molecule has 0 aliphatic carbocycles. The molecule has 3 aromatic rings. The first-order valence-corrected chi connectivity index (χ1v) is 11.5. The Morgan fingerprint density at radius 3 is 2.97 bits per heavy atom. The van der Waals surface area contributed by atoms with Crippen LogP contribution in [0.2, 0.25) is 0 Å². The van der Waals surface area contributed by atoms with Crippen LogP contribution in [0.5, 0.6) is 5.75 Å². The van der Waals surface area contributed by atoms with Crippen LogP contribution in [-0.4, -0.2) is 31.8 Å². The predicted octanol–water partition coefficient (Wildman–Crippen LogP) is 4.30. The van der Waals surface area contributed by atoms with Crippen LogP contribution >= 0.6 is 11.3 Å². The third kappa shape index (κ3) is 6.60. The van der Waals surface area contributed by atoms with Crippen molar-refractivity contribution >= 4 is 17.3 Å². The average Bonchev–Trinajstić information content (AvgIpc) is 3.55. The first kappa shape index (κ1) is 21.5. The maximum absolute atomic E-state index is 6.22. The monoisotopic (exact) mass is 439 g/mol. The van der Waals surface area contributed by atoms with Gasteiger partial charge in [-0.3, -0.25) is 0 Å². The van der Waals surface area contributed by atoms with Crippen molar-refractivity contribution in [3.8, 4) is 5.75 Å². The van der Waals surface area contributed by atoms with E-state index < -0.39 is 0 Å². The predicted molar refractivity (Wildman–Crippen MR) is 124 cm³/mol. The lowest BCUT2D eigenvalue weighted by atomic mass is 10.1. The lowest BCUT2D eigenvalue weighted by molar-refractivity contribution is 0.140. The maximum atomic E-state index is 6.22. The molecule has 1 saturated heterocycles. The molecule has 1 aliphatic rings. The van der Waals surface area contributed by atoms with E-state index in [9.17, 15) is 0 Å². The molecule has 1 unspecified atom stereocenters. The van der Waals surface area contributed by atoms with Crippen molar-refractivity contribution in [2.45, 2.75) is 39.0 Å². The summed E-state index contributed by atoms with van der Waals surface area (Å²) >= 11 is 1.73. The summed E-state index contributed by atoms with van der Waals surface area (Å²) in [7, 11) is 0. The molecule has 0 spiro atoms. The minimum Gasteiger partial charge on any atom is -0.488 e. The molecule has 31 heavy (non-hydrogen) atoms. The second-order valence-corrected chi connectivity index (χ2v) is 8.60. The number of rotatable bonds is 9. The molecule has 164 valence electrons. The molecule has 0 radical (unpaired) electrons. The molecule has 6 nitrogen and oxygen atoms in total. The summed E-state index contributed by atoms with van der Waals surface area (Å²) in [4.78, 5) is 6.10. The zero-order valence-corrected chi connectivity index (χ0v) is 18.6. The molecule has 4 rings (SSSR count). The Labute approximate surface area is 187 Å². The van der Waals surface area contributed by atoms with Gasteiger partial charge in [0.1, 0.15) is 17.6 Å². The van der Waals surface area contributed by atoms with Crippen LogP contribution in [0.3, 0.4) is 0 Å². The highest BCUT2D eigenvalue weighted by molar-refractivity contribution is 7.09. The van der Waals surface area contributed by atoms with Crippen molar-refractivity contribution < 1.29 is 13.9 Å². The van der Waals surface area contributed by atoms with Gasteiger partial charge in [0.05, 0.1) is 32.6 Å². The lowest BCUT2D eigenvalue weighted by Crippen LogP contribution is -2.38. The van der Waals surface area contributed by atoms with Crippen LogP contribution in [0.4, 0.5) is 0 Å². The lowest BCUT2D eigenvalue weighted by Gasteiger charge is -2.16. The van der Waals surface area contributed by atoms with Gasteiger partial charge in [0, 0.05) is 29.8 Å². The van der Waals surface area contributed by atoms with Crippen LogP contribution < -0.4 is 15.4 Å². The molecule has 0 amide bonds. The SMILES string of the molecule is Cc1ccc(CN=C(NCCc2ccco2)NCc2cccs2)c(OC2CCOC2)c1. The van der Waals surface area contributed by atoms with Crippen LogP contribution in [0.25, 0.3) is 0 Å². The summed E-state index contributed by atoms with van der Waals surface area (Å²) in [6.45, 7) is 5.50. The summed E-state index contributed by atoms with van der Waals surface area (Å²) < 4.78 is 17.1. The first-order valence-electron chi connectivity index (χ1n) is 10.7. The van der Waals surface area contributed by atoms with Crippen LogP contribution in [0, 0.1) is 6.92 Å². The average molecular weight is 440 g/mol. The maximum Gasteiger partial charge on any atom is 0.191 e. The highest BCUT2D eigenvalue weighted by Crippen LogP contribution is 2.24. The van der Waals surface area contributed by atoms with Crippen LogP contribution in [-0.2, 0) is 24.2 Å². The fourth-order valence-corrected chi connectivity index (χ4v) is 4.01. The van der Waals surface area contributed by atoms with Crippen molar-refractivity contribution in [3.63, 3.8) is 0 Å². The molecule has 7 heteroatoms. The number of thiophene rings is 1. The van der Waals surface area contributed by atoms with Crippen molar-refractivity contribution in [1.82, 2.24) is 10.6 Å². The van der Waals surface area contributed by atoms with E-state index in [4.69, 9.17) is 18.9 Å². The van der Waals surface area contributed by atoms with E-state index in [0.29, 0.717) is 13.2 Å². The van der Waals surface area contributed by atoms with Gasteiger partial charge in [-0.25, -0.2) is 4.99 Å². The number of hydrogen-bond donors (Lipinski definition) is 2.